The highest BCUT2D eigenvalue weighted by Gasteiger charge is 2.41. The number of amides is 1. The van der Waals surface area contributed by atoms with E-state index in [4.69, 9.17) is 16.3 Å². The fourth-order valence-electron chi connectivity index (χ4n) is 3.46. The first kappa shape index (κ1) is 24.5. The summed E-state index contributed by atoms with van der Waals surface area (Å²) in [5.41, 5.74) is -2.17. The van der Waals surface area contributed by atoms with E-state index in [9.17, 15) is 22.4 Å². The van der Waals surface area contributed by atoms with Gasteiger partial charge < -0.3 is 10.1 Å². The third-order valence-corrected chi connectivity index (χ3v) is 5.17. The van der Waals surface area contributed by atoms with Crippen LogP contribution >= 0.6 is 11.6 Å². The molecule has 1 N–H and O–H groups in total. The molecule has 0 aliphatic rings. The Balaban J connectivity index is 2.27. The molecule has 1 aromatic heterocycles. The summed E-state index contributed by atoms with van der Waals surface area (Å²) in [6.45, 7) is 1.89. The van der Waals surface area contributed by atoms with Crippen molar-refractivity contribution < 1.29 is 27.1 Å². The van der Waals surface area contributed by atoms with Gasteiger partial charge in [-0.3, -0.25) is 4.98 Å². The Hall–Kier alpha value is -3.13. The van der Waals surface area contributed by atoms with Gasteiger partial charge in [0.15, 0.2) is 0 Å². The molecule has 1 atom stereocenters. The van der Waals surface area contributed by atoms with Gasteiger partial charge in [0.25, 0.3) is 0 Å². The number of nitrogens with zero attached hydrogens (tertiary/aromatic N) is 1. The Kier molecular flexibility index (Phi) is 7.58. The number of rotatable bonds is 7. The molecule has 4 nitrogen and oxygen atoms in total. The van der Waals surface area contributed by atoms with Crippen LogP contribution in [0.15, 0.2) is 66.9 Å². The minimum absolute atomic E-state index is 0.0234. The molecule has 0 aliphatic carbocycles. The maximum Gasteiger partial charge on any atom is 0.416 e. The molecule has 9 heteroatoms. The molecule has 174 valence electrons. The molecule has 0 saturated carbocycles. The fourth-order valence-corrected chi connectivity index (χ4v) is 3.57. The van der Waals surface area contributed by atoms with E-state index in [1.54, 1.807) is 37.3 Å². The van der Waals surface area contributed by atoms with Gasteiger partial charge in [-0.2, -0.15) is 13.2 Å². The minimum Gasteiger partial charge on any atom is -0.450 e. The summed E-state index contributed by atoms with van der Waals surface area (Å²) in [6.07, 6.45) is -3.85. The number of halogens is 5. The number of carbonyl (C=O) groups excluding carboxylic acids is 1. The van der Waals surface area contributed by atoms with Gasteiger partial charge in [-0.25, -0.2) is 9.18 Å². The van der Waals surface area contributed by atoms with Gasteiger partial charge in [0, 0.05) is 12.6 Å². The summed E-state index contributed by atoms with van der Waals surface area (Å²) in [7, 11) is 0. The monoisotopic (exact) mass is 480 g/mol. The number of benzene rings is 2. The average Bonchev–Trinajstić information content (AvgIpc) is 2.77. The Morgan fingerprint density at radius 2 is 1.76 bits per heavy atom. The van der Waals surface area contributed by atoms with Crippen LogP contribution in [0.4, 0.5) is 22.4 Å². The van der Waals surface area contributed by atoms with Gasteiger partial charge in [0.05, 0.1) is 22.9 Å². The molecule has 3 aromatic rings. The highest BCUT2D eigenvalue weighted by atomic mass is 35.5. The predicted molar refractivity (Wildman–Crippen MR) is 116 cm³/mol. The molecule has 0 spiro atoms. The van der Waals surface area contributed by atoms with Crippen molar-refractivity contribution in [3.05, 3.63) is 100 Å². The molecular formula is C24H21ClF4N2O2. The molecule has 1 heterocycles. The average molecular weight is 481 g/mol. The third-order valence-electron chi connectivity index (χ3n) is 4.95. The van der Waals surface area contributed by atoms with E-state index in [0.29, 0.717) is 18.1 Å². The molecule has 0 fully saturated rings. The number of alkyl carbamates (subject to hydrolysis) is 1. The van der Waals surface area contributed by atoms with Crippen molar-refractivity contribution in [3.8, 4) is 0 Å². The molecule has 0 bridgehead atoms. The van der Waals surface area contributed by atoms with Crippen molar-refractivity contribution in [2.24, 2.45) is 0 Å². The van der Waals surface area contributed by atoms with Gasteiger partial charge in [-0.15, -0.1) is 0 Å². The topological polar surface area (TPSA) is 51.2 Å². The van der Waals surface area contributed by atoms with Gasteiger partial charge >= 0.3 is 12.3 Å². The molecule has 0 saturated heterocycles. The Bertz CT molecular complexity index is 1090. The van der Waals surface area contributed by atoms with Crippen LogP contribution in [0.2, 0.25) is 5.02 Å². The van der Waals surface area contributed by atoms with Crippen LogP contribution in [-0.2, 0) is 22.9 Å². The van der Waals surface area contributed by atoms with Crippen LogP contribution in [-0.4, -0.2) is 17.7 Å². The first-order valence-corrected chi connectivity index (χ1v) is 10.5. The highest BCUT2D eigenvalue weighted by molar-refractivity contribution is 6.30. The predicted octanol–water partition coefficient (Wildman–Crippen LogP) is 6.52. The molecule has 3 rings (SSSR count). The SMILES string of the molecule is CCCOC(=O)N[C@@](Cc1ccccc1)(c1cc(F)cc(C(F)(F)F)c1)c1ccc(Cl)cn1. The number of alkyl halides is 3. The summed E-state index contributed by atoms with van der Waals surface area (Å²) in [4.78, 5) is 17.0. The summed E-state index contributed by atoms with van der Waals surface area (Å²) < 4.78 is 60.2. The second-order valence-corrected chi connectivity index (χ2v) is 7.85. The molecular weight excluding hydrogens is 460 g/mol. The Morgan fingerprint density at radius 3 is 2.36 bits per heavy atom. The largest absolute Gasteiger partial charge is 0.450 e. The standard InChI is InChI=1S/C24H21ClF4N2O2/c1-2-10-33-22(32)31-23(14-16-6-4-3-5-7-16,21-9-8-19(25)15-30-21)17-11-18(24(27,28)29)13-20(26)12-17/h3-9,11-13,15H,2,10,14H2,1H3,(H,31,32)/t23-/m0/s1. The minimum atomic E-state index is -4.80. The lowest BCUT2D eigenvalue weighted by Gasteiger charge is -2.35. The number of ether oxygens (including phenoxy) is 1. The van der Waals surface area contributed by atoms with Crippen LogP contribution in [0.3, 0.4) is 0 Å². The van der Waals surface area contributed by atoms with Gasteiger partial charge in [-0.1, -0.05) is 48.9 Å². The van der Waals surface area contributed by atoms with E-state index in [-0.39, 0.29) is 29.3 Å². The van der Waals surface area contributed by atoms with Crippen LogP contribution in [0.25, 0.3) is 0 Å². The second-order valence-electron chi connectivity index (χ2n) is 7.42. The van der Waals surface area contributed by atoms with E-state index in [1.807, 2.05) is 0 Å². The molecule has 33 heavy (non-hydrogen) atoms. The van der Waals surface area contributed by atoms with E-state index >= 15 is 0 Å². The lowest BCUT2D eigenvalue weighted by atomic mass is 9.80. The maximum atomic E-state index is 14.5. The number of hydrogen-bond acceptors (Lipinski definition) is 3. The number of carbonyl (C=O) groups is 1. The van der Waals surface area contributed by atoms with Crippen molar-refractivity contribution in [2.75, 3.05) is 6.61 Å². The van der Waals surface area contributed by atoms with E-state index in [2.05, 4.69) is 10.3 Å². The summed E-state index contributed by atoms with van der Waals surface area (Å²) in [5.74, 6) is -1.10. The van der Waals surface area contributed by atoms with Crippen molar-refractivity contribution >= 4 is 17.7 Å². The smallest absolute Gasteiger partial charge is 0.416 e. The van der Waals surface area contributed by atoms with Crippen LogP contribution < -0.4 is 5.32 Å². The highest BCUT2D eigenvalue weighted by Crippen LogP contribution is 2.38. The van der Waals surface area contributed by atoms with Crippen molar-refractivity contribution in [1.29, 1.82) is 0 Å². The normalized spacial score (nSPS) is 13.3. The zero-order valence-corrected chi connectivity index (χ0v) is 18.4. The van der Waals surface area contributed by atoms with E-state index < -0.39 is 29.2 Å². The molecule has 0 aliphatic heterocycles. The second kappa shape index (κ2) is 10.2. The number of aromatic nitrogens is 1. The van der Waals surface area contributed by atoms with Gasteiger partial charge in [-0.05, 0) is 47.9 Å². The summed E-state index contributed by atoms with van der Waals surface area (Å²) >= 11 is 5.97. The number of hydrogen-bond donors (Lipinski definition) is 1. The zero-order chi connectivity index (χ0) is 24.1. The lowest BCUT2D eigenvalue weighted by Crippen LogP contribution is -2.49. The molecule has 1 amide bonds. The first-order valence-electron chi connectivity index (χ1n) is 10.1. The Morgan fingerprint density at radius 1 is 1.06 bits per heavy atom. The lowest BCUT2D eigenvalue weighted by molar-refractivity contribution is -0.137. The molecule has 0 radical (unpaired) electrons. The van der Waals surface area contributed by atoms with Crippen LogP contribution in [0.1, 0.15) is 35.7 Å². The molecule has 0 unspecified atom stereocenters. The number of nitrogens with one attached hydrogen (secondary N) is 1. The number of pyridine rings is 1. The van der Waals surface area contributed by atoms with Gasteiger partial charge in [0.1, 0.15) is 11.4 Å². The van der Waals surface area contributed by atoms with Crippen molar-refractivity contribution in [3.63, 3.8) is 0 Å². The summed E-state index contributed by atoms with van der Waals surface area (Å²) in [6, 6.07) is 13.9. The summed E-state index contributed by atoms with van der Waals surface area (Å²) in [5, 5.41) is 2.96. The maximum absolute atomic E-state index is 14.5. The van der Waals surface area contributed by atoms with Gasteiger partial charge in [0.2, 0.25) is 0 Å². The quantitative estimate of drug-likeness (QED) is 0.392. The van der Waals surface area contributed by atoms with Crippen LogP contribution in [0.5, 0.6) is 0 Å². The third kappa shape index (κ3) is 6.01. The van der Waals surface area contributed by atoms with Crippen LogP contribution in [0, 0.1) is 5.82 Å². The molecule has 2 aromatic carbocycles. The van der Waals surface area contributed by atoms with E-state index in [1.165, 1.54) is 18.3 Å². The zero-order valence-electron chi connectivity index (χ0n) is 17.6. The van der Waals surface area contributed by atoms with Crippen molar-refractivity contribution in [2.45, 2.75) is 31.5 Å². The van der Waals surface area contributed by atoms with Crippen molar-refractivity contribution in [1.82, 2.24) is 10.3 Å². The van der Waals surface area contributed by atoms with E-state index in [0.717, 1.165) is 12.1 Å². The fraction of sp³-hybridized carbons (Fsp3) is 0.250. The Labute approximate surface area is 193 Å². The first-order chi connectivity index (χ1) is 15.6.